The van der Waals surface area contributed by atoms with Crippen molar-refractivity contribution in [2.45, 2.75) is 17.9 Å². The predicted molar refractivity (Wildman–Crippen MR) is 104 cm³/mol. The van der Waals surface area contributed by atoms with Crippen molar-refractivity contribution in [2.75, 3.05) is 25.2 Å². The Bertz CT molecular complexity index is 709. The fourth-order valence-corrected chi connectivity index (χ4v) is 3.37. The molecule has 0 unspecified atom stereocenters. The van der Waals surface area contributed by atoms with Gasteiger partial charge in [0.05, 0.1) is 23.8 Å². The van der Waals surface area contributed by atoms with Gasteiger partial charge in [-0.15, -0.1) is 11.8 Å². The minimum absolute atomic E-state index is 0.0498. The molecule has 1 atom stereocenters. The zero-order chi connectivity index (χ0) is 17.5. The van der Waals surface area contributed by atoms with Crippen LogP contribution in [-0.4, -0.2) is 25.8 Å². The van der Waals surface area contributed by atoms with Gasteiger partial charge in [0.2, 0.25) is 5.91 Å². The van der Waals surface area contributed by atoms with Crippen LogP contribution in [0.1, 0.15) is 18.5 Å². The van der Waals surface area contributed by atoms with Gasteiger partial charge in [0, 0.05) is 10.9 Å². The van der Waals surface area contributed by atoms with E-state index in [1.807, 2.05) is 55.6 Å². The average Bonchev–Trinajstić information content (AvgIpc) is 2.60. The van der Waals surface area contributed by atoms with Gasteiger partial charge >= 0.3 is 0 Å². The number of carbonyl (C=O) groups is 1. The second kappa shape index (κ2) is 9.11. The van der Waals surface area contributed by atoms with Gasteiger partial charge in [-0.3, -0.25) is 4.79 Å². The standard InChI is InChI=1S/C18H21BrN2O2S/c1-12(13-8-9-16(23-2)14(19)10-13)20-11-18(22)21-15-6-4-5-7-17(15)24-3/h4-10,12,20H,11H2,1-3H3,(H,21,22)/t12-/m0/s1. The van der Waals surface area contributed by atoms with Crippen LogP contribution >= 0.6 is 27.7 Å². The summed E-state index contributed by atoms with van der Waals surface area (Å²) in [5.74, 6) is 0.730. The quantitative estimate of drug-likeness (QED) is 0.663. The zero-order valence-corrected chi connectivity index (χ0v) is 16.3. The molecular weight excluding hydrogens is 388 g/mol. The number of nitrogens with one attached hydrogen (secondary N) is 2. The van der Waals surface area contributed by atoms with Crippen LogP contribution in [0.15, 0.2) is 51.8 Å². The molecule has 2 rings (SSSR count). The molecule has 0 saturated carbocycles. The van der Waals surface area contributed by atoms with E-state index in [4.69, 9.17) is 4.74 Å². The normalized spacial score (nSPS) is 11.8. The van der Waals surface area contributed by atoms with Crippen molar-refractivity contribution in [3.05, 3.63) is 52.5 Å². The number of thioether (sulfide) groups is 1. The molecule has 0 heterocycles. The number of amides is 1. The van der Waals surface area contributed by atoms with E-state index >= 15 is 0 Å². The third kappa shape index (κ3) is 5.00. The van der Waals surface area contributed by atoms with Crippen molar-refractivity contribution in [1.29, 1.82) is 0 Å². The molecule has 0 fully saturated rings. The lowest BCUT2D eigenvalue weighted by molar-refractivity contribution is -0.115. The highest BCUT2D eigenvalue weighted by Gasteiger charge is 2.11. The highest BCUT2D eigenvalue weighted by atomic mass is 79.9. The Morgan fingerprint density at radius 2 is 2.04 bits per heavy atom. The summed E-state index contributed by atoms with van der Waals surface area (Å²) < 4.78 is 6.13. The third-order valence-electron chi connectivity index (χ3n) is 3.63. The highest BCUT2D eigenvalue weighted by Crippen LogP contribution is 2.28. The van der Waals surface area contributed by atoms with Crippen molar-refractivity contribution in [2.24, 2.45) is 0 Å². The Morgan fingerprint density at radius 1 is 1.29 bits per heavy atom. The second-order valence-electron chi connectivity index (χ2n) is 5.25. The van der Waals surface area contributed by atoms with Crippen LogP contribution in [0.25, 0.3) is 0 Å². The summed E-state index contributed by atoms with van der Waals surface area (Å²) in [6, 6.07) is 13.7. The lowest BCUT2D eigenvalue weighted by Crippen LogP contribution is -2.30. The van der Waals surface area contributed by atoms with Gasteiger partial charge in [0.15, 0.2) is 0 Å². The monoisotopic (exact) mass is 408 g/mol. The van der Waals surface area contributed by atoms with E-state index in [1.54, 1.807) is 18.9 Å². The first-order valence-electron chi connectivity index (χ1n) is 7.55. The van der Waals surface area contributed by atoms with E-state index in [0.29, 0.717) is 0 Å². The number of benzene rings is 2. The number of methoxy groups -OCH3 is 1. The maximum Gasteiger partial charge on any atom is 0.238 e. The molecule has 2 N–H and O–H groups in total. The first-order valence-corrected chi connectivity index (χ1v) is 9.56. The molecule has 6 heteroatoms. The predicted octanol–water partition coefficient (Wildman–Crippen LogP) is 4.47. The van der Waals surface area contributed by atoms with E-state index in [0.717, 1.165) is 26.4 Å². The summed E-state index contributed by atoms with van der Waals surface area (Å²) in [6.07, 6.45) is 1.99. The van der Waals surface area contributed by atoms with E-state index in [1.165, 1.54) is 0 Å². The van der Waals surface area contributed by atoms with Crippen LogP contribution in [0.3, 0.4) is 0 Å². The molecule has 0 aromatic heterocycles. The van der Waals surface area contributed by atoms with Gasteiger partial charge < -0.3 is 15.4 Å². The van der Waals surface area contributed by atoms with Crippen molar-refractivity contribution in [3.63, 3.8) is 0 Å². The fraction of sp³-hybridized carbons (Fsp3) is 0.278. The van der Waals surface area contributed by atoms with Gasteiger partial charge in [-0.2, -0.15) is 0 Å². The SMILES string of the molecule is COc1ccc([C@H](C)NCC(=O)Nc2ccccc2SC)cc1Br. The zero-order valence-electron chi connectivity index (χ0n) is 13.9. The molecule has 0 spiro atoms. The maximum absolute atomic E-state index is 12.2. The Balaban J connectivity index is 1.92. The number of carbonyl (C=O) groups excluding carboxylic acids is 1. The lowest BCUT2D eigenvalue weighted by Gasteiger charge is -2.16. The van der Waals surface area contributed by atoms with E-state index in [-0.39, 0.29) is 18.5 Å². The second-order valence-corrected chi connectivity index (χ2v) is 6.95. The topological polar surface area (TPSA) is 50.4 Å². The van der Waals surface area contributed by atoms with E-state index in [2.05, 4.69) is 26.6 Å². The molecular formula is C18H21BrN2O2S. The number of ether oxygens (including phenoxy) is 1. The van der Waals surface area contributed by atoms with Crippen LogP contribution in [0.4, 0.5) is 5.69 Å². The Kier molecular flexibility index (Phi) is 7.15. The summed E-state index contributed by atoms with van der Waals surface area (Å²) in [6.45, 7) is 2.27. The molecule has 4 nitrogen and oxygen atoms in total. The third-order valence-corrected chi connectivity index (χ3v) is 5.04. The van der Waals surface area contributed by atoms with Crippen molar-refractivity contribution >= 4 is 39.3 Å². The number of halogens is 1. The number of hydrogen-bond acceptors (Lipinski definition) is 4. The number of para-hydroxylation sites is 1. The summed E-state index contributed by atoms with van der Waals surface area (Å²) in [5.41, 5.74) is 1.93. The maximum atomic E-state index is 12.2. The number of hydrogen-bond donors (Lipinski definition) is 2. The van der Waals surface area contributed by atoms with Gasteiger partial charge in [-0.1, -0.05) is 18.2 Å². The van der Waals surface area contributed by atoms with Crippen LogP contribution < -0.4 is 15.4 Å². The molecule has 0 aliphatic rings. The number of rotatable bonds is 7. The first kappa shape index (κ1) is 18.8. The molecule has 128 valence electrons. The van der Waals surface area contributed by atoms with Crippen LogP contribution in [0.5, 0.6) is 5.75 Å². The van der Waals surface area contributed by atoms with Crippen LogP contribution in [0, 0.1) is 0 Å². The largest absolute Gasteiger partial charge is 0.496 e. The van der Waals surface area contributed by atoms with E-state index in [9.17, 15) is 4.79 Å². The fourth-order valence-electron chi connectivity index (χ4n) is 2.26. The lowest BCUT2D eigenvalue weighted by atomic mass is 10.1. The minimum Gasteiger partial charge on any atom is -0.496 e. The molecule has 24 heavy (non-hydrogen) atoms. The molecule has 0 aliphatic carbocycles. The number of anilines is 1. The minimum atomic E-state index is -0.0593. The van der Waals surface area contributed by atoms with Gasteiger partial charge in [-0.25, -0.2) is 0 Å². The van der Waals surface area contributed by atoms with Gasteiger partial charge in [-0.05, 0) is 58.9 Å². The van der Waals surface area contributed by atoms with Crippen LogP contribution in [-0.2, 0) is 4.79 Å². The molecule has 0 bridgehead atoms. The molecule has 1 amide bonds. The molecule has 0 aliphatic heterocycles. The van der Waals surface area contributed by atoms with E-state index < -0.39 is 0 Å². The average molecular weight is 409 g/mol. The highest BCUT2D eigenvalue weighted by molar-refractivity contribution is 9.10. The summed E-state index contributed by atoms with van der Waals surface area (Å²) in [5, 5.41) is 6.19. The summed E-state index contributed by atoms with van der Waals surface area (Å²) in [4.78, 5) is 13.2. The first-order chi connectivity index (χ1) is 11.5. The van der Waals surface area contributed by atoms with Crippen LogP contribution in [0.2, 0.25) is 0 Å². The van der Waals surface area contributed by atoms with Crippen molar-refractivity contribution in [1.82, 2.24) is 5.32 Å². The summed E-state index contributed by atoms with van der Waals surface area (Å²) in [7, 11) is 1.64. The molecule has 2 aromatic rings. The Hall–Kier alpha value is -1.50. The molecule has 2 aromatic carbocycles. The van der Waals surface area contributed by atoms with Crippen molar-refractivity contribution in [3.8, 4) is 5.75 Å². The van der Waals surface area contributed by atoms with Gasteiger partial charge in [0.25, 0.3) is 0 Å². The molecule has 0 radical (unpaired) electrons. The molecule has 0 saturated heterocycles. The van der Waals surface area contributed by atoms with Crippen molar-refractivity contribution < 1.29 is 9.53 Å². The Morgan fingerprint density at radius 3 is 2.71 bits per heavy atom. The Labute approximate surface area is 155 Å². The smallest absolute Gasteiger partial charge is 0.238 e. The van der Waals surface area contributed by atoms with Gasteiger partial charge in [0.1, 0.15) is 5.75 Å². The summed E-state index contributed by atoms with van der Waals surface area (Å²) >= 11 is 5.09.